The van der Waals surface area contributed by atoms with E-state index in [1.807, 2.05) is 72.8 Å². The van der Waals surface area contributed by atoms with Crippen molar-refractivity contribution in [2.45, 2.75) is 0 Å². The molecule has 0 fully saturated rings. The fraction of sp³-hybridized carbons (Fsp3) is 0. The number of aromatic nitrogens is 4. The third-order valence-electron chi connectivity index (χ3n) is 9.85. The van der Waals surface area contributed by atoms with Gasteiger partial charge in [-0.3, -0.25) is 0 Å². The average molecular weight is 671 g/mol. The van der Waals surface area contributed by atoms with E-state index in [9.17, 15) is 0 Å². The Morgan fingerprint density at radius 1 is 0.431 bits per heavy atom. The zero-order chi connectivity index (χ0) is 33.5. The lowest BCUT2D eigenvalue weighted by Crippen LogP contribution is -2.00. The Hall–Kier alpha value is -6.63. The number of fused-ring (bicyclic) bond motifs is 9. The molecule has 0 atom stereocenters. The van der Waals surface area contributed by atoms with Crippen LogP contribution >= 0.6 is 11.3 Å². The summed E-state index contributed by atoms with van der Waals surface area (Å²) < 4.78 is 11.4. The number of nitrogens with zero attached hydrogens (tertiary/aromatic N) is 4. The summed E-state index contributed by atoms with van der Waals surface area (Å²) in [5.74, 6) is 1.87. The Bertz CT molecular complexity index is 3030. The number of thiophene rings is 1. The fourth-order valence-electron chi connectivity index (χ4n) is 7.61. The highest BCUT2D eigenvalue weighted by Gasteiger charge is 2.21. The van der Waals surface area contributed by atoms with Crippen LogP contribution in [0.15, 0.2) is 162 Å². The van der Waals surface area contributed by atoms with Gasteiger partial charge in [-0.1, -0.05) is 115 Å². The van der Waals surface area contributed by atoms with Crippen LogP contribution in [0.2, 0.25) is 0 Å². The maximum absolute atomic E-state index is 6.60. The van der Waals surface area contributed by atoms with Gasteiger partial charge in [0.05, 0.1) is 16.7 Å². The second kappa shape index (κ2) is 10.9. The largest absolute Gasteiger partial charge is 0.456 e. The quantitative estimate of drug-likeness (QED) is 0.187. The van der Waals surface area contributed by atoms with Crippen molar-refractivity contribution >= 4 is 75.3 Å². The highest BCUT2D eigenvalue weighted by molar-refractivity contribution is 7.26. The van der Waals surface area contributed by atoms with Crippen molar-refractivity contribution in [3.63, 3.8) is 0 Å². The molecule has 0 aliphatic rings. The fourth-order valence-corrected chi connectivity index (χ4v) is 8.75. The Kier molecular flexibility index (Phi) is 6.05. The number of para-hydroxylation sites is 2. The standard InChI is InChI=1S/C45H26N4OS/c1-3-13-27(14-4-1)43-46-44(28-15-5-2-6-16-28)48-45(47-43)31-19-11-23-37-41(31)32-25-33-40(26-38(32)50-37)51-39-24-12-22-36(42(33)39)49-34-20-9-7-17-29(34)30-18-8-10-21-35(30)49/h1-26H. The SMILES string of the molecule is c1ccc(-c2nc(-c3ccccc3)nc(-c3cccc4oc5cc6sc7cccc(-n8c9ccccc9c9ccccc98)c7c6cc5c34)n2)cc1. The summed E-state index contributed by atoms with van der Waals surface area (Å²) in [7, 11) is 0. The summed E-state index contributed by atoms with van der Waals surface area (Å²) >= 11 is 1.80. The monoisotopic (exact) mass is 670 g/mol. The van der Waals surface area contributed by atoms with Gasteiger partial charge in [0.25, 0.3) is 0 Å². The Labute approximate surface area is 295 Å². The van der Waals surface area contributed by atoms with E-state index < -0.39 is 0 Å². The molecule has 11 aromatic rings. The Balaban J connectivity index is 1.19. The van der Waals surface area contributed by atoms with Crippen LogP contribution in [0.4, 0.5) is 0 Å². The van der Waals surface area contributed by atoms with E-state index in [4.69, 9.17) is 19.4 Å². The van der Waals surface area contributed by atoms with Gasteiger partial charge in [0, 0.05) is 58.4 Å². The number of hydrogen-bond donors (Lipinski definition) is 0. The summed E-state index contributed by atoms with van der Waals surface area (Å²) in [6, 6.07) is 54.9. The summed E-state index contributed by atoms with van der Waals surface area (Å²) in [6.45, 7) is 0. The molecule has 0 unspecified atom stereocenters. The van der Waals surface area contributed by atoms with Gasteiger partial charge >= 0.3 is 0 Å². The van der Waals surface area contributed by atoms with Crippen LogP contribution in [0.1, 0.15) is 0 Å². The number of hydrogen-bond acceptors (Lipinski definition) is 5. The average Bonchev–Trinajstić information content (AvgIpc) is 3.86. The lowest BCUT2D eigenvalue weighted by molar-refractivity contribution is 0.669. The first-order valence-corrected chi connectivity index (χ1v) is 17.8. The first-order chi connectivity index (χ1) is 25.3. The minimum absolute atomic E-state index is 0.609. The van der Waals surface area contributed by atoms with E-state index >= 15 is 0 Å². The van der Waals surface area contributed by atoms with Crippen molar-refractivity contribution in [2.75, 3.05) is 0 Å². The maximum atomic E-state index is 6.60. The second-order valence-electron chi connectivity index (χ2n) is 12.8. The molecule has 0 saturated carbocycles. The van der Waals surface area contributed by atoms with Gasteiger partial charge in [0.15, 0.2) is 17.5 Å². The lowest BCUT2D eigenvalue weighted by Gasteiger charge is -2.10. The Morgan fingerprint density at radius 2 is 1.04 bits per heavy atom. The van der Waals surface area contributed by atoms with Gasteiger partial charge < -0.3 is 8.98 Å². The minimum Gasteiger partial charge on any atom is -0.456 e. The summed E-state index contributed by atoms with van der Waals surface area (Å²) in [5.41, 5.74) is 7.98. The van der Waals surface area contributed by atoms with Gasteiger partial charge in [-0.25, -0.2) is 15.0 Å². The molecule has 0 aliphatic heterocycles. The normalized spacial score (nSPS) is 11.9. The summed E-state index contributed by atoms with van der Waals surface area (Å²) in [6.07, 6.45) is 0. The first kappa shape index (κ1) is 28.2. The molecule has 238 valence electrons. The van der Waals surface area contributed by atoms with Crippen LogP contribution < -0.4 is 0 Å². The molecule has 0 bridgehead atoms. The molecule has 5 nitrogen and oxygen atoms in total. The van der Waals surface area contributed by atoms with E-state index in [1.54, 1.807) is 11.3 Å². The van der Waals surface area contributed by atoms with Crippen LogP contribution in [-0.2, 0) is 0 Å². The number of benzene rings is 7. The van der Waals surface area contributed by atoms with Crippen LogP contribution in [0.3, 0.4) is 0 Å². The van der Waals surface area contributed by atoms with Crippen molar-refractivity contribution in [3.8, 4) is 39.9 Å². The molecule has 6 heteroatoms. The zero-order valence-corrected chi connectivity index (χ0v) is 27.9. The predicted octanol–water partition coefficient (Wildman–Crippen LogP) is 12.2. The molecule has 51 heavy (non-hydrogen) atoms. The van der Waals surface area contributed by atoms with Crippen molar-refractivity contribution in [3.05, 3.63) is 158 Å². The molecule has 11 rings (SSSR count). The Morgan fingerprint density at radius 3 is 1.73 bits per heavy atom. The van der Waals surface area contributed by atoms with Crippen molar-refractivity contribution in [2.24, 2.45) is 0 Å². The van der Waals surface area contributed by atoms with Gasteiger partial charge in [0.1, 0.15) is 11.2 Å². The van der Waals surface area contributed by atoms with E-state index in [0.717, 1.165) is 38.6 Å². The predicted molar refractivity (Wildman–Crippen MR) is 211 cm³/mol. The topological polar surface area (TPSA) is 56.7 Å². The molecule has 0 saturated heterocycles. The molecule has 0 aliphatic carbocycles. The van der Waals surface area contributed by atoms with Gasteiger partial charge in [0.2, 0.25) is 0 Å². The van der Waals surface area contributed by atoms with Crippen molar-refractivity contribution < 1.29 is 4.42 Å². The number of rotatable bonds is 4. The summed E-state index contributed by atoms with van der Waals surface area (Å²) in [5, 5.41) is 6.96. The van der Waals surface area contributed by atoms with Crippen molar-refractivity contribution in [1.29, 1.82) is 0 Å². The van der Waals surface area contributed by atoms with E-state index in [1.165, 1.54) is 47.7 Å². The first-order valence-electron chi connectivity index (χ1n) is 16.9. The minimum atomic E-state index is 0.609. The molecular weight excluding hydrogens is 645 g/mol. The van der Waals surface area contributed by atoms with Crippen LogP contribution in [-0.4, -0.2) is 19.5 Å². The third-order valence-corrected chi connectivity index (χ3v) is 11.0. The molecule has 4 heterocycles. The molecule has 0 amide bonds. The molecule has 7 aromatic carbocycles. The van der Waals surface area contributed by atoms with Gasteiger partial charge in [-0.2, -0.15) is 0 Å². The van der Waals surface area contributed by atoms with Crippen molar-refractivity contribution in [1.82, 2.24) is 19.5 Å². The van der Waals surface area contributed by atoms with E-state index in [-0.39, 0.29) is 0 Å². The van der Waals surface area contributed by atoms with Gasteiger partial charge in [-0.15, -0.1) is 11.3 Å². The molecule has 4 aromatic heterocycles. The van der Waals surface area contributed by atoms with Crippen LogP contribution in [0.25, 0.3) is 104 Å². The highest BCUT2D eigenvalue weighted by atomic mass is 32.1. The molecular formula is C45H26N4OS. The van der Waals surface area contributed by atoms with E-state index in [0.29, 0.717) is 17.5 Å². The molecule has 0 radical (unpaired) electrons. The maximum Gasteiger partial charge on any atom is 0.164 e. The lowest BCUT2D eigenvalue weighted by atomic mass is 10.0. The molecule has 0 N–H and O–H groups in total. The number of furan rings is 1. The smallest absolute Gasteiger partial charge is 0.164 e. The highest BCUT2D eigenvalue weighted by Crippen LogP contribution is 2.45. The second-order valence-corrected chi connectivity index (χ2v) is 13.9. The molecule has 0 spiro atoms. The van der Waals surface area contributed by atoms with Crippen LogP contribution in [0, 0.1) is 0 Å². The zero-order valence-electron chi connectivity index (χ0n) is 27.1. The van der Waals surface area contributed by atoms with Crippen LogP contribution in [0.5, 0.6) is 0 Å². The van der Waals surface area contributed by atoms with Gasteiger partial charge in [-0.05, 0) is 42.5 Å². The summed E-state index contributed by atoms with van der Waals surface area (Å²) in [4.78, 5) is 15.1. The van der Waals surface area contributed by atoms with E-state index in [2.05, 4.69) is 89.5 Å². The third kappa shape index (κ3) is 4.30.